The van der Waals surface area contributed by atoms with Crippen LogP contribution in [0.4, 0.5) is 0 Å². The lowest BCUT2D eigenvalue weighted by atomic mass is 10.3. The van der Waals surface area contributed by atoms with Crippen LogP contribution in [0.25, 0.3) is 11.0 Å². The zero-order valence-corrected chi connectivity index (χ0v) is 14.0. The van der Waals surface area contributed by atoms with Gasteiger partial charge >= 0.3 is 5.69 Å². The van der Waals surface area contributed by atoms with Gasteiger partial charge in [0.2, 0.25) is 5.91 Å². The highest BCUT2D eigenvalue weighted by Crippen LogP contribution is 2.14. The molecule has 5 nitrogen and oxygen atoms in total. The molecule has 120 valence electrons. The molecule has 1 aromatic carbocycles. The Morgan fingerprint density at radius 1 is 1.17 bits per heavy atom. The summed E-state index contributed by atoms with van der Waals surface area (Å²) in [4.78, 5) is 28.0. The van der Waals surface area contributed by atoms with Crippen LogP contribution < -0.4 is 5.69 Å². The maximum Gasteiger partial charge on any atom is 0.329 e. The van der Waals surface area contributed by atoms with E-state index in [1.165, 1.54) is 0 Å². The number of aryl methyl sites for hydroxylation is 1. The molecule has 3 aromatic rings. The number of fused-ring (bicyclic) bond motifs is 1. The molecular weight excluding hydrogens is 310 g/mol. The molecule has 6 heteroatoms. The van der Waals surface area contributed by atoms with Crippen molar-refractivity contribution < 1.29 is 4.79 Å². The first-order valence-electron chi connectivity index (χ1n) is 7.56. The van der Waals surface area contributed by atoms with Crippen LogP contribution in [0.5, 0.6) is 0 Å². The Balaban J connectivity index is 1.87. The standard InChI is InChI=1S/C17H19N3O2S/c1-3-19(11-13-7-6-10-23-13)16(21)12-20-15-9-5-4-8-14(15)18(2)17(20)22/h4-10H,3,11-12H2,1-2H3. The minimum Gasteiger partial charge on any atom is -0.336 e. The molecule has 0 saturated heterocycles. The fourth-order valence-electron chi connectivity index (χ4n) is 2.72. The molecule has 2 heterocycles. The lowest BCUT2D eigenvalue weighted by molar-refractivity contribution is -0.132. The minimum absolute atomic E-state index is 0.0423. The lowest BCUT2D eigenvalue weighted by Gasteiger charge is -2.20. The number of para-hydroxylation sites is 2. The van der Waals surface area contributed by atoms with Gasteiger partial charge in [-0.15, -0.1) is 11.3 Å². The number of amides is 1. The van der Waals surface area contributed by atoms with Crippen molar-refractivity contribution in [1.82, 2.24) is 14.0 Å². The fourth-order valence-corrected chi connectivity index (χ4v) is 3.44. The van der Waals surface area contributed by atoms with Crippen LogP contribution in [0.3, 0.4) is 0 Å². The van der Waals surface area contributed by atoms with E-state index in [0.29, 0.717) is 13.1 Å². The van der Waals surface area contributed by atoms with Crippen LogP contribution in [0.2, 0.25) is 0 Å². The summed E-state index contributed by atoms with van der Waals surface area (Å²) in [6.45, 7) is 3.24. The Morgan fingerprint density at radius 3 is 2.57 bits per heavy atom. The molecular formula is C17H19N3O2S. The average Bonchev–Trinajstić information content (AvgIpc) is 3.16. The van der Waals surface area contributed by atoms with Crippen LogP contribution in [-0.2, 0) is 24.9 Å². The topological polar surface area (TPSA) is 47.2 Å². The van der Waals surface area contributed by atoms with Gasteiger partial charge in [-0.1, -0.05) is 18.2 Å². The third-order valence-corrected chi connectivity index (χ3v) is 4.87. The predicted molar refractivity (Wildman–Crippen MR) is 92.6 cm³/mol. The van der Waals surface area contributed by atoms with E-state index < -0.39 is 0 Å². The number of hydrogen-bond donors (Lipinski definition) is 0. The second kappa shape index (κ2) is 6.42. The van der Waals surface area contributed by atoms with Crippen molar-refractivity contribution in [3.8, 4) is 0 Å². The summed E-state index contributed by atoms with van der Waals surface area (Å²) in [6.07, 6.45) is 0. The van der Waals surface area contributed by atoms with E-state index in [2.05, 4.69) is 0 Å². The SMILES string of the molecule is CCN(Cc1cccs1)C(=O)Cn1c(=O)n(C)c2ccccc21. The summed E-state index contributed by atoms with van der Waals surface area (Å²) >= 11 is 1.63. The quantitative estimate of drug-likeness (QED) is 0.722. The number of imidazole rings is 1. The molecule has 0 fully saturated rings. The number of aromatic nitrogens is 2. The monoisotopic (exact) mass is 329 g/mol. The third-order valence-electron chi connectivity index (χ3n) is 4.01. The van der Waals surface area contributed by atoms with E-state index in [9.17, 15) is 9.59 Å². The number of thiophene rings is 1. The van der Waals surface area contributed by atoms with Gasteiger partial charge in [-0.3, -0.25) is 13.9 Å². The third kappa shape index (κ3) is 2.94. The van der Waals surface area contributed by atoms with E-state index in [1.807, 2.05) is 48.7 Å². The zero-order chi connectivity index (χ0) is 16.4. The molecule has 0 bridgehead atoms. The smallest absolute Gasteiger partial charge is 0.329 e. The second-order valence-electron chi connectivity index (χ2n) is 5.40. The van der Waals surface area contributed by atoms with Gasteiger partial charge in [0.05, 0.1) is 17.6 Å². The second-order valence-corrected chi connectivity index (χ2v) is 6.44. The number of carbonyl (C=O) groups excluding carboxylic acids is 1. The molecule has 0 atom stereocenters. The highest BCUT2D eigenvalue weighted by atomic mass is 32.1. The van der Waals surface area contributed by atoms with Gasteiger partial charge in [0, 0.05) is 18.5 Å². The molecule has 1 amide bonds. The number of nitrogens with zero attached hydrogens (tertiary/aromatic N) is 3. The van der Waals surface area contributed by atoms with Crippen molar-refractivity contribution in [3.05, 3.63) is 57.1 Å². The van der Waals surface area contributed by atoms with Crippen molar-refractivity contribution in [2.75, 3.05) is 6.54 Å². The first-order chi connectivity index (χ1) is 11.1. The van der Waals surface area contributed by atoms with E-state index in [1.54, 1.807) is 32.4 Å². The summed E-state index contributed by atoms with van der Waals surface area (Å²) in [6, 6.07) is 11.5. The molecule has 3 rings (SSSR count). The molecule has 23 heavy (non-hydrogen) atoms. The minimum atomic E-state index is -0.160. The Labute approximate surface area is 138 Å². The highest BCUT2D eigenvalue weighted by Gasteiger charge is 2.17. The number of carbonyl (C=O) groups is 1. The van der Waals surface area contributed by atoms with Crippen LogP contribution in [-0.4, -0.2) is 26.5 Å². The van der Waals surface area contributed by atoms with Gasteiger partial charge < -0.3 is 4.90 Å². The van der Waals surface area contributed by atoms with E-state index in [0.717, 1.165) is 15.9 Å². The number of rotatable bonds is 5. The summed E-state index contributed by atoms with van der Waals surface area (Å²) in [5, 5.41) is 2.00. The number of benzene rings is 1. The first-order valence-corrected chi connectivity index (χ1v) is 8.44. The Morgan fingerprint density at radius 2 is 1.91 bits per heavy atom. The van der Waals surface area contributed by atoms with E-state index in [-0.39, 0.29) is 18.1 Å². The average molecular weight is 329 g/mol. The maximum atomic E-state index is 12.6. The molecule has 0 N–H and O–H groups in total. The number of hydrogen-bond acceptors (Lipinski definition) is 3. The van der Waals surface area contributed by atoms with Crippen LogP contribution in [0.1, 0.15) is 11.8 Å². The van der Waals surface area contributed by atoms with Gasteiger partial charge in [0.15, 0.2) is 0 Å². The largest absolute Gasteiger partial charge is 0.336 e. The summed E-state index contributed by atoms with van der Waals surface area (Å²) in [5.74, 6) is -0.0423. The Kier molecular flexibility index (Phi) is 4.34. The van der Waals surface area contributed by atoms with E-state index in [4.69, 9.17) is 0 Å². The van der Waals surface area contributed by atoms with Gasteiger partial charge in [-0.05, 0) is 30.5 Å². The molecule has 2 aromatic heterocycles. The molecule has 0 saturated carbocycles. The van der Waals surface area contributed by atoms with Crippen molar-refractivity contribution in [2.24, 2.45) is 7.05 Å². The lowest BCUT2D eigenvalue weighted by Crippen LogP contribution is -2.36. The molecule has 0 radical (unpaired) electrons. The highest BCUT2D eigenvalue weighted by molar-refractivity contribution is 7.09. The zero-order valence-electron chi connectivity index (χ0n) is 13.2. The van der Waals surface area contributed by atoms with Gasteiger partial charge in [-0.2, -0.15) is 0 Å². The van der Waals surface area contributed by atoms with E-state index >= 15 is 0 Å². The van der Waals surface area contributed by atoms with Crippen LogP contribution in [0, 0.1) is 0 Å². The molecule has 0 aliphatic heterocycles. The van der Waals surface area contributed by atoms with Gasteiger partial charge in [0.1, 0.15) is 6.54 Å². The van der Waals surface area contributed by atoms with Gasteiger partial charge in [-0.25, -0.2) is 4.79 Å². The Bertz CT molecular complexity index is 877. The summed E-state index contributed by atoms with van der Waals surface area (Å²) in [7, 11) is 1.73. The summed E-state index contributed by atoms with van der Waals surface area (Å²) in [5.41, 5.74) is 1.47. The molecule has 0 aliphatic carbocycles. The van der Waals surface area contributed by atoms with Crippen LogP contribution >= 0.6 is 11.3 Å². The number of likely N-dealkylation sites (N-methyl/N-ethyl adjacent to an activating group) is 1. The van der Waals surface area contributed by atoms with Crippen molar-refractivity contribution in [3.63, 3.8) is 0 Å². The predicted octanol–water partition coefficient (Wildman–Crippen LogP) is 2.45. The Hall–Kier alpha value is -2.34. The molecule has 0 aliphatic rings. The van der Waals surface area contributed by atoms with Crippen molar-refractivity contribution in [1.29, 1.82) is 0 Å². The first kappa shape index (κ1) is 15.6. The maximum absolute atomic E-state index is 12.6. The normalized spacial score (nSPS) is 11.0. The molecule has 0 unspecified atom stereocenters. The van der Waals surface area contributed by atoms with Gasteiger partial charge in [0.25, 0.3) is 0 Å². The fraction of sp³-hybridized carbons (Fsp3) is 0.294. The van der Waals surface area contributed by atoms with Crippen molar-refractivity contribution in [2.45, 2.75) is 20.0 Å². The summed E-state index contributed by atoms with van der Waals surface area (Å²) < 4.78 is 3.13. The van der Waals surface area contributed by atoms with Crippen LogP contribution in [0.15, 0.2) is 46.6 Å². The van der Waals surface area contributed by atoms with Crippen molar-refractivity contribution >= 4 is 28.3 Å². The molecule has 0 spiro atoms.